The summed E-state index contributed by atoms with van der Waals surface area (Å²) in [6.07, 6.45) is 1.97. The van der Waals surface area contributed by atoms with Gasteiger partial charge < -0.3 is 5.32 Å². The minimum Gasteiger partial charge on any atom is -0.314 e. The Balaban J connectivity index is 2.13. The highest BCUT2D eigenvalue weighted by Crippen LogP contribution is 2.44. The van der Waals surface area contributed by atoms with Crippen molar-refractivity contribution in [3.8, 4) is 0 Å². The van der Waals surface area contributed by atoms with Gasteiger partial charge in [0.25, 0.3) is 0 Å². The Labute approximate surface area is 93.6 Å². The molecule has 1 aromatic carbocycles. The van der Waals surface area contributed by atoms with Crippen molar-refractivity contribution in [2.75, 3.05) is 13.1 Å². The van der Waals surface area contributed by atoms with Crippen molar-refractivity contribution in [3.05, 3.63) is 35.1 Å². The van der Waals surface area contributed by atoms with Crippen molar-refractivity contribution in [2.45, 2.75) is 17.7 Å². The topological polar surface area (TPSA) is 12.0 Å². The fraction of sp³-hybridized carbons (Fsp3) is 0.500. The minimum atomic E-state index is -0.301. The Morgan fingerprint density at radius 2 is 2.33 bits per heavy atom. The molecule has 0 spiro atoms. The first-order valence-electron chi connectivity index (χ1n) is 5.36. The predicted molar refractivity (Wildman–Crippen MR) is 58.6 cm³/mol. The van der Waals surface area contributed by atoms with Gasteiger partial charge in [-0.15, -0.1) is 11.6 Å². The van der Waals surface area contributed by atoms with E-state index in [4.69, 9.17) is 11.6 Å². The van der Waals surface area contributed by atoms with Crippen LogP contribution in [-0.2, 0) is 11.3 Å². The summed E-state index contributed by atoms with van der Waals surface area (Å²) in [4.78, 5) is -0.301. The molecule has 1 aliphatic heterocycles. The minimum absolute atomic E-state index is 0.151. The van der Waals surface area contributed by atoms with Gasteiger partial charge in [0, 0.05) is 6.54 Å². The average Bonchev–Trinajstić information content (AvgIpc) is 2.16. The molecule has 1 saturated heterocycles. The number of benzene rings is 1. The zero-order valence-corrected chi connectivity index (χ0v) is 9.15. The first kappa shape index (κ1) is 9.61. The third-order valence-corrected chi connectivity index (χ3v) is 4.00. The number of rotatable bonds is 0. The molecule has 1 aromatic rings. The van der Waals surface area contributed by atoms with E-state index < -0.39 is 0 Å². The van der Waals surface area contributed by atoms with Crippen LogP contribution in [0.3, 0.4) is 0 Å². The highest BCUT2D eigenvalue weighted by atomic mass is 35.5. The normalized spacial score (nSPS) is 33.6. The molecule has 0 aromatic heterocycles. The molecular formula is C12H13ClFN. The lowest BCUT2D eigenvalue weighted by molar-refractivity contribution is 0.288. The van der Waals surface area contributed by atoms with Crippen molar-refractivity contribution in [3.63, 3.8) is 0 Å². The standard InChI is InChI=1S/C12H13ClFN/c13-12-5-8(6-15-7-12)3-9-4-10(14)1-2-11(9)12/h1-2,4,8,15H,3,5-7H2. The predicted octanol–water partition coefficient (Wildman–Crippen LogP) is 2.43. The summed E-state index contributed by atoms with van der Waals surface area (Å²) < 4.78 is 13.1. The molecule has 2 atom stereocenters. The Kier molecular flexibility index (Phi) is 2.05. The molecule has 3 heteroatoms. The third kappa shape index (κ3) is 1.47. The van der Waals surface area contributed by atoms with Gasteiger partial charge in [-0.25, -0.2) is 4.39 Å². The van der Waals surface area contributed by atoms with E-state index in [1.54, 1.807) is 6.07 Å². The maximum Gasteiger partial charge on any atom is 0.123 e. The van der Waals surface area contributed by atoms with Crippen molar-refractivity contribution < 1.29 is 4.39 Å². The Hall–Kier alpha value is -0.600. The number of alkyl halides is 1. The van der Waals surface area contributed by atoms with Gasteiger partial charge in [-0.05, 0) is 48.6 Å². The first-order valence-corrected chi connectivity index (χ1v) is 5.74. The third-order valence-electron chi connectivity index (χ3n) is 3.51. The lowest BCUT2D eigenvalue weighted by atomic mass is 9.74. The van der Waals surface area contributed by atoms with Crippen LogP contribution in [0.5, 0.6) is 0 Å². The van der Waals surface area contributed by atoms with E-state index in [1.807, 2.05) is 6.07 Å². The molecule has 1 nitrogen and oxygen atoms in total. The van der Waals surface area contributed by atoms with Crippen LogP contribution in [0.4, 0.5) is 4.39 Å². The number of hydrogen-bond donors (Lipinski definition) is 1. The van der Waals surface area contributed by atoms with E-state index in [2.05, 4.69) is 5.32 Å². The molecule has 1 fully saturated rings. The molecular weight excluding hydrogens is 213 g/mol. The van der Waals surface area contributed by atoms with Crippen molar-refractivity contribution in [1.29, 1.82) is 0 Å². The van der Waals surface area contributed by atoms with Gasteiger partial charge in [-0.3, -0.25) is 0 Å². The SMILES string of the molecule is Fc1ccc2c(c1)CC1CNCC2(Cl)C1. The van der Waals surface area contributed by atoms with Gasteiger partial charge in [-0.2, -0.15) is 0 Å². The average molecular weight is 226 g/mol. The number of nitrogens with one attached hydrogen (secondary N) is 1. The maximum absolute atomic E-state index is 13.1. The number of halogens is 2. The van der Waals surface area contributed by atoms with Gasteiger partial charge in [0.15, 0.2) is 0 Å². The fourth-order valence-electron chi connectivity index (χ4n) is 2.91. The van der Waals surface area contributed by atoms with Crippen molar-refractivity contribution in [2.24, 2.45) is 5.92 Å². The van der Waals surface area contributed by atoms with Crippen LogP contribution in [-0.4, -0.2) is 13.1 Å². The van der Waals surface area contributed by atoms with Crippen LogP contribution >= 0.6 is 11.6 Å². The molecule has 1 aliphatic carbocycles. The van der Waals surface area contributed by atoms with E-state index in [1.165, 1.54) is 6.07 Å². The highest BCUT2D eigenvalue weighted by molar-refractivity contribution is 6.24. The lowest BCUT2D eigenvalue weighted by Gasteiger charge is -2.42. The molecule has 0 saturated carbocycles. The largest absolute Gasteiger partial charge is 0.314 e. The fourth-order valence-corrected chi connectivity index (χ4v) is 3.40. The van der Waals surface area contributed by atoms with Crippen LogP contribution in [0.1, 0.15) is 17.5 Å². The molecule has 15 heavy (non-hydrogen) atoms. The summed E-state index contributed by atoms with van der Waals surface area (Å²) in [5, 5.41) is 3.36. The molecule has 2 bridgehead atoms. The van der Waals surface area contributed by atoms with Crippen LogP contribution in [0.2, 0.25) is 0 Å². The Bertz CT molecular complexity index is 407. The summed E-state index contributed by atoms with van der Waals surface area (Å²) in [6, 6.07) is 5.00. The zero-order valence-electron chi connectivity index (χ0n) is 8.39. The smallest absolute Gasteiger partial charge is 0.123 e. The monoisotopic (exact) mass is 225 g/mol. The molecule has 2 aliphatic rings. The second-order valence-electron chi connectivity index (χ2n) is 4.67. The summed E-state index contributed by atoms with van der Waals surface area (Å²) in [6.45, 7) is 1.80. The summed E-state index contributed by atoms with van der Waals surface area (Å²) >= 11 is 6.60. The number of fused-ring (bicyclic) bond motifs is 4. The van der Waals surface area contributed by atoms with Crippen LogP contribution in [0.15, 0.2) is 18.2 Å². The second kappa shape index (κ2) is 3.19. The Morgan fingerprint density at radius 1 is 1.47 bits per heavy atom. The van der Waals surface area contributed by atoms with E-state index in [9.17, 15) is 4.39 Å². The first-order chi connectivity index (χ1) is 7.17. The van der Waals surface area contributed by atoms with Gasteiger partial charge in [0.2, 0.25) is 0 Å². The van der Waals surface area contributed by atoms with Crippen molar-refractivity contribution in [1.82, 2.24) is 5.32 Å². The van der Waals surface area contributed by atoms with Gasteiger partial charge in [0.1, 0.15) is 5.82 Å². The van der Waals surface area contributed by atoms with Gasteiger partial charge in [0.05, 0.1) is 4.87 Å². The summed E-state index contributed by atoms with van der Waals surface area (Å²) in [5.41, 5.74) is 2.22. The maximum atomic E-state index is 13.1. The van der Waals surface area contributed by atoms with E-state index in [0.717, 1.165) is 37.1 Å². The van der Waals surface area contributed by atoms with Crippen LogP contribution in [0, 0.1) is 11.7 Å². The molecule has 3 rings (SSSR count). The van der Waals surface area contributed by atoms with E-state index in [-0.39, 0.29) is 10.7 Å². The second-order valence-corrected chi connectivity index (χ2v) is 5.40. The molecule has 0 amide bonds. The Morgan fingerprint density at radius 3 is 3.20 bits per heavy atom. The van der Waals surface area contributed by atoms with Crippen molar-refractivity contribution >= 4 is 11.6 Å². The summed E-state index contributed by atoms with van der Waals surface area (Å²) in [7, 11) is 0. The number of piperidine rings is 1. The van der Waals surface area contributed by atoms with Gasteiger partial charge >= 0.3 is 0 Å². The van der Waals surface area contributed by atoms with Crippen LogP contribution < -0.4 is 5.32 Å². The zero-order chi connectivity index (χ0) is 10.5. The summed E-state index contributed by atoms with van der Waals surface area (Å²) in [5.74, 6) is 0.410. The molecule has 1 N–H and O–H groups in total. The van der Waals surface area contributed by atoms with E-state index in [0.29, 0.717) is 5.92 Å². The lowest BCUT2D eigenvalue weighted by Crippen LogP contribution is -2.48. The van der Waals surface area contributed by atoms with Gasteiger partial charge in [-0.1, -0.05) is 6.07 Å². The highest BCUT2D eigenvalue weighted by Gasteiger charge is 2.41. The quantitative estimate of drug-likeness (QED) is 0.669. The molecule has 2 unspecified atom stereocenters. The van der Waals surface area contributed by atoms with E-state index >= 15 is 0 Å². The molecule has 1 heterocycles. The molecule has 80 valence electrons. The molecule has 0 radical (unpaired) electrons. The number of hydrogen-bond acceptors (Lipinski definition) is 1. The van der Waals surface area contributed by atoms with Crippen LogP contribution in [0.25, 0.3) is 0 Å².